The number of carboxylic acids is 1. The van der Waals surface area contributed by atoms with Gasteiger partial charge in [0.05, 0.1) is 6.42 Å². The smallest absolute Gasteiger partial charge is 0.304 e. The predicted molar refractivity (Wildman–Crippen MR) is 61.3 cm³/mol. The molecule has 0 saturated carbocycles. The third-order valence-electron chi connectivity index (χ3n) is 2.42. The van der Waals surface area contributed by atoms with Crippen molar-refractivity contribution in [3.8, 4) is 0 Å². The van der Waals surface area contributed by atoms with Crippen LogP contribution in [0, 0.1) is 0 Å². The lowest BCUT2D eigenvalue weighted by Crippen LogP contribution is -2.25. The van der Waals surface area contributed by atoms with Crippen molar-refractivity contribution in [1.82, 2.24) is 9.97 Å². The van der Waals surface area contributed by atoms with E-state index in [1.54, 1.807) is 6.20 Å². The van der Waals surface area contributed by atoms with Crippen LogP contribution >= 0.6 is 0 Å². The van der Waals surface area contributed by atoms with Gasteiger partial charge in [-0.05, 0) is 12.5 Å². The lowest BCUT2D eigenvalue weighted by molar-refractivity contribution is -0.138. The number of rotatable bonds is 5. The van der Waals surface area contributed by atoms with Gasteiger partial charge in [0.2, 0.25) is 0 Å². The number of nitrogens with zero attached hydrogens (tertiary/aromatic N) is 2. The van der Waals surface area contributed by atoms with Crippen molar-refractivity contribution in [1.29, 1.82) is 0 Å². The summed E-state index contributed by atoms with van der Waals surface area (Å²) in [5.41, 5.74) is 0.459. The minimum atomic E-state index is -0.825. The number of aromatic nitrogens is 2. The van der Waals surface area contributed by atoms with E-state index in [0.717, 1.165) is 18.5 Å². The van der Waals surface area contributed by atoms with Crippen molar-refractivity contribution in [2.24, 2.45) is 0 Å². The van der Waals surface area contributed by atoms with Crippen LogP contribution in [0.3, 0.4) is 0 Å². The van der Waals surface area contributed by atoms with Gasteiger partial charge in [-0.3, -0.25) is 4.79 Å². The van der Waals surface area contributed by atoms with Crippen molar-refractivity contribution in [3.05, 3.63) is 23.8 Å². The molecule has 4 nitrogen and oxygen atoms in total. The number of hydrogen-bond acceptors (Lipinski definition) is 3. The summed E-state index contributed by atoms with van der Waals surface area (Å²) in [6.07, 6.45) is 3.67. The molecular formula is C12H18N2O2. The third kappa shape index (κ3) is 3.29. The second-order valence-electron chi connectivity index (χ2n) is 4.58. The highest BCUT2D eigenvalue weighted by Crippen LogP contribution is 2.23. The van der Waals surface area contributed by atoms with E-state index >= 15 is 0 Å². The van der Waals surface area contributed by atoms with Crippen LogP contribution in [0.15, 0.2) is 12.3 Å². The second-order valence-corrected chi connectivity index (χ2v) is 4.58. The first kappa shape index (κ1) is 12.6. The quantitative estimate of drug-likeness (QED) is 0.829. The van der Waals surface area contributed by atoms with E-state index in [1.807, 2.05) is 19.9 Å². The normalized spacial score (nSPS) is 11.4. The fourth-order valence-electron chi connectivity index (χ4n) is 1.57. The summed E-state index contributed by atoms with van der Waals surface area (Å²) >= 11 is 0. The van der Waals surface area contributed by atoms with Crippen LogP contribution in [-0.4, -0.2) is 21.0 Å². The minimum Gasteiger partial charge on any atom is -0.481 e. The van der Waals surface area contributed by atoms with Gasteiger partial charge < -0.3 is 5.11 Å². The van der Waals surface area contributed by atoms with E-state index in [1.165, 1.54) is 0 Å². The van der Waals surface area contributed by atoms with Crippen LogP contribution < -0.4 is 0 Å². The zero-order valence-electron chi connectivity index (χ0n) is 10.0. The zero-order chi connectivity index (χ0) is 12.2. The fourth-order valence-corrected chi connectivity index (χ4v) is 1.57. The van der Waals surface area contributed by atoms with Crippen LogP contribution in [0.25, 0.3) is 0 Å². The van der Waals surface area contributed by atoms with Gasteiger partial charge in [0, 0.05) is 17.3 Å². The Morgan fingerprint density at radius 1 is 1.50 bits per heavy atom. The summed E-state index contributed by atoms with van der Waals surface area (Å²) in [5.74, 6) is -0.213. The molecule has 0 unspecified atom stereocenters. The van der Waals surface area contributed by atoms with Gasteiger partial charge in [0.1, 0.15) is 5.82 Å². The Kier molecular flexibility index (Phi) is 3.99. The maximum absolute atomic E-state index is 10.7. The summed E-state index contributed by atoms with van der Waals surface area (Å²) < 4.78 is 0. The lowest BCUT2D eigenvalue weighted by atomic mass is 9.88. The van der Waals surface area contributed by atoms with Gasteiger partial charge in [0.25, 0.3) is 0 Å². The average Bonchev–Trinajstić information content (AvgIpc) is 2.16. The molecule has 0 atom stereocenters. The van der Waals surface area contributed by atoms with Gasteiger partial charge in [-0.2, -0.15) is 0 Å². The first-order chi connectivity index (χ1) is 7.45. The molecular weight excluding hydrogens is 204 g/mol. The Hall–Kier alpha value is -1.45. The molecule has 1 aromatic rings. The van der Waals surface area contributed by atoms with Crippen LogP contribution in [0.2, 0.25) is 0 Å². The molecule has 0 aromatic carbocycles. The van der Waals surface area contributed by atoms with Crippen molar-refractivity contribution in [3.63, 3.8) is 0 Å². The third-order valence-corrected chi connectivity index (χ3v) is 2.42. The summed E-state index contributed by atoms with van der Waals surface area (Å²) in [4.78, 5) is 19.3. The van der Waals surface area contributed by atoms with Crippen LogP contribution in [-0.2, 0) is 16.6 Å². The molecule has 0 amide bonds. The van der Waals surface area contributed by atoms with Crippen LogP contribution in [0.5, 0.6) is 0 Å². The maximum Gasteiger partial charge on any atom is 0.304 e. The Labute approximate surface area is 95.7 Å². The number of aryl methyl sites for hydroxylation is 1. The summed E-state index contributed by atoms with van der Waals surface area (Å²) in [6, 6.07) is 1.88. The maximum atomic E-state index is 10.7. The molecule has 0 aliphatic carbocycles. The van der Waals surface area contributed by atoms with E-state index in [0.29, 0.717) is 5.82 Å². The van der Waals surface area contributed by atoms with Crippen molar-refractivity contribution < 1.29 is 9.90 Å². The summed E-state index contributed by atoms with van der Waals surface area (Å²) in [7, 11) is 0. The van der Waals surface area contributed by atoms with Crippen LogP contribution in [0.4, 0.5) is 0 Å². The average molecular weight is 222 g/mol. The molecule has 0 fully saturated rings. The zero-order valence-corrected chi connectivity index (χ0v) is 10.0. The van der Waals surface area contributed by atoms with E-state index in [-0.39, 0.29) is 6.42 Å². The molecule has 1 aromatic heterocycles. The molecule has 1 rings (SSSR count). The first-order valence-corrected chi connectivity index (χ1v) is 5.50. The van der Waals surface area contributed by atoms with Crippen molar-refractivity contribution in [2.45, 2.75) is 45.4 Å². The molecule has 4 heteroatoms. The minimum absolute atomic E-state index is 0.0442. The molecule has 0 radical (unpaired) electrons. The number of carboxylic acid groups (broad SMARTS) is 1. The SMILES string of the molecule is CCCc1ccnc(C(C)(C)CC(=O)O)n1. The Bertz CT molecular complexity index is 375. The number of carbonyl (C=O) groups is 1. The van der Waals surface area contributed by atoms with Gasteiger partial charge in [-0.1, -0.05) is 27.2 Å². The molecule has 0 spiro atoms. The predicted octanol–water partition coefficient (Wildman–Crippen LogP) is 2.18. The first-order valence-electron chi connectivity index (χ1n) is 5.50. The highest BCUT2D eigenvalue weighted by atomic mass is 16.4. The van der Waals surface area contributed by atoms with Crippen molar-refractivity contribution in [2.75, 3.05) is 0 Å². The molecule has 0 aliphatic heterocycles. The van der Waals surface area contributed by atoms with Gasteiger partial charge >= 0.3 is 5.97 Å². The summed E-state index contributed by atoms with van der Waals surface area (Å²) in [6.45, 7) is 5.79. The van der Waals surface area contributed by atoms with Gasteiger partial charge in [0.15, 0.2) is 0 Å². The monoisotopic (exact) mass is 222 g/mol. The van der Waals surface area contributed by atoms with E-state index in [9.17, 15) is 4.79 Å². The Balaban J connectivity index is 2.93. The number of hydrogen-bond donors (Lipinski definition) is 1. The van der Waals surface area contributed by atoms with E-state index < -0.39 is 11.4 Å². The molecule has 88 valence electrons. The van der Waals surface area contributed by atoms with Gasteiger partial charge in [-0.25, -0.2) is 9.97 Å². The fraction of sp³-hybridized carbons (Fsp3) is 0.583. The molecule has 16 heavy (non-hydrogen) atoms. The van der Waals surface area contributed by atoms with E-state index in [2.05, 4.69) is 16.9 Å². The highest BCUT2D eigenvalue weighted by Gasteiger charge is 2.27. The molecule has 1 heterocycles. The molecule has 0 bridgehead atoms. The Morgan fingerprint density at radius 3 is 2.75 bits per heavy atom. The second kappa shape index (κ2) is 5.05. The Morgan fingerprint density at radius 2 is 2.19 bits per heavy atom. The van der Waals surface area contributed by atoms with E-state index in [4.69, 9.17) is 5.11 Å². The number of aliphatic carboxylic acids is 1. The molecule has 0 aliphatic rings. The van der Waals surface area contributed by atoms with Crippen LogP contribution in [0.1, 0.15) is 45.1 Å². The largest absolute Gasteiger partial charge is 0.481 e. The summed E-state index contributed by atoms with van der Waals surface area (Å²) in [5, 5.41) is 8.83. The van der Waals surface area contributed by atoms with Crippen molar-refractivity contribution >= 4 is 5.97 Å². The standard InChI is InChI=1S/C12H18N2O2/c1-4-5-9-6-7-13-11(14-9)12(2,3)8-10(15)16/h6-7H,4-5,8H2,1-3H3,(H,15,16). The molecule has 1 N–H and O–H groups in total. The van der Waals surface area contributed by atoms with Gasteiger partial charge in [-0.15, -0.1) is 0 Å². The lowest BCUT2D eigenvalue weighted by Gasteiger charge is -2.20. The molecule has 0 saturated heterocycles. The topological polar surface area (TPSA) is 63.1 Å². The highest BCUT2D eigenvalue weighted by molar-refractivity contribution is 5.68.